The van der Waals surface area contributed by atoms with Crippen LogP contribution < -0.4 is 0 Å². The molecule has 1 aromatic carbocycles. The van der Waals surface area contributed by atoms with E-state index in [0.717, 1.165) is 18.6 Å². The molecular formula is C20H18F2N4O2. The number of carbonyl (C=O) groups is 1. The highest BCUT2D eigenvalue weighted by atomic mass is 19.1. The molecule has 28 heavy (non-hydrogen) atoms. The zero-order valence-corrected chi connectivity index (χ0v) is 15.4. The third kappa shape index (κ3) is 3.04. The summed E-state index contributed by atoms with van der Waals surface area (Å²) in [6.07, 6.45) is 2.98. The molecule has 0 radical (unpaired) electrons. The lowest BCUT2D eigenvalue weighted by molar-refractivity contribution is 0.0723. The van der Waals surface area contributed by atoms with E-state index in [1.54, 1.807) is 26.1 Å². The Kier molecular flexibility index (Phi) is 4.62. The van der Waals surface area contributed by atoms with Gasteiger partial charge in [0.2, 0.25) is 0 Å². The van der Waals surface area contributed by atoms with Gasteiger partial charge in [0.1, 0.15) is 23.0 Å². The Morgan fingerprint density at radius 1 is 1.21 bits per heavy atom. The molecule has 0 bridgehead atoms. The van der Waals surface area contributed by atoms with Crippen LogP contribution in [0.25, 0.3) is 11.4 Å². The lowest BCUT2D eigenvalue weighted by atomic mass is 10.1. The van der Waals surface area contributed by atoms with Gasteiger partial charge in [0.25, 0.3) is 5.91 Å². The van der Waals surface area contributed by atoms with Gasteiger partial charge in [0.15, 0.2) is 5.82 Å². The van der Waals surface area contributed by atoms with Crippen molar-refractivity contribution in [2.45, 2.75) is 32.7 Å². The monoisotopic (exact) mass is 384 g/mol. The number of hydrogen-bond donors (Lipinski definition) is 0. The van der Waals surface area contributed by atoms with Crippen LogP contribution in [0.5, 0.6) is 0 Å². The van der Waals surface area contributed by atoms with E-state index in [4.69, 9.17) is 4.52 Å². The Labute approximate surface area is 160 Å². The molecule has 6 nitrogen and oxygen atoms in total. The Morgan fingerprint density at radius 3 is 2.64 bits per heavy atom. The van der Waals surface area contributed by atoms with Crippen molar-refractivity contribution >= 4 is 5.91 Å². The van der Waals surface area contributed by atoms with E-state index in [2.05, 4.69) is 15.1 Å². The Balaban J connectivity index is 1.70. The van der Waals surface area contributed by atoms with Crippen molar-refractivity contribution in [2.75, 3.05) is 6.54 Å². The molecule has 1 aliphatic heterocycles. The van der Waals surface area contributed by atoms with Gasteiger partial charge in [-0.15, -0.1) is 0 Å². The number of benzene rings is 1. The molecule has 3 aromatic rings. The zero-order chi connectivity index (χ0) is 19.8. The quantitative estimate of drug-likeness (QED) is 0.682. The summed E-state index contributed by atoms with van der Waals surface area (Å²) in [7, 11) is 0. The average Bonchev–Trinajstić information content (AvgIpc) is 3.28. The van der Waals surface area contributed by atoms with Crippen LogP contribution >= 0.6 is 0 Å². The highest BCUT2D eigenvalue weighted by Gasteiger charge is 2.34. The molecule has 2 aromatic heterocycles. The maximum Gasteiger partial charge on any atom is 0.260 e. The van der Waals surface area contributed by atoms with Gasteiger partial charge >= 0.3 is 0 Å². The number of carbonyl (C=O) groups excluding carboxylic acids is 1. The van der Waals surface area contributed by atoms with Crippen LogP contribution in [0.4, 0.5) is 8.78 Å². The lowest BCUT2D eigenvalue weighted by Gasteiger charge is -2.25. The molecule has 1 atom stereocenters. The van der Waals surface area contributed by atoms with E-state index in [1.807, 2.05) is 0 Å². The largest absolute Gasteiger partial charge is 0.361 e. The average molecular weight is 384 g/mol. The van der Waals surface area contributed by atoms with Crippen LogP contribution in [-0.4, -0.2) is 32.5 Å². The van der Waals surface area contributed by atoms with Gasteiger partial charge in [0, 0.05) is 12.7 Å². The Bertz CT molecular complexity index is 1010. The summed E-state index contributed by atoms with van der Waals surface area (Å²) >= 11 is 0. The molecular weight excluding hydrogens is 366 g/mol. The second kappa shape index (κ2) is 7.10. The van der Waals surface area contributed by atoms with Gasteiger partial charge in [-0.25, -0.2) is 18.7 Å². The molecule has 1 unspecified atom stereocenters. The number of halogens is 2. The summed E-state index contributed by atoms with van der Waals surface area (Å²) in [5.41, 5.74) is 1.46. The molecule has 8 heteroatoms. The van der Waals surface area contributed by atoms with E-state index in [9.17, 15) is 13.6 Å². The van der Waals surface area contributed by atoms with Gasteiger partial charge in [-0.2, -0.15) is 0 Å². The molecule has 1 aliphatic rings. The third-order valence-electron chi connectivity index (χ3n) is 4.97. The molecule has 0 saturated carbocycles. The van der Waals surface area contributed by atoms with Gasteiger partial charge in [-0.3, -0.25) is 4.79 Å². The summed E-state index contributed by atoms with van der Waals surface area (Å²) in [5, 5.41) is 3.92. The molecule has 0 N–H and O–H groups in total. The SMILES string of the molecule is Cc1noc(C)c1-c1nccc(C2CCCN2C(=O)c2c(F)cccc2F)n1. The van der Waals surface area contributed by atoms with Crippen LogP contribution in [0.2, 0.25) is 0 Å². The topological polar surface area (TPSA) is 72.1 Å². The summed E-state index contributed by atoms with van der Waals surface area (Å²) in [6, 6.07) is 4.75. The van der Waals surface area contributed by atoms with Crippen molar-refractivity contribution in [1.82, 2.24) is 20.0 Å². The maximum absolute atomic E-state index is 14.1. The van der Waals surface area contributed by atoms with Crippen molar-refractivity contribution in [3.63, 3.8) is 0 Å². The first kappa shape index (κ1) is 18.2. The Morgan fingerprint density at radius 2 is 1.96 bits per heavy atom. The molecule has 4 rings (SSSR count). The number of hydrogen-bond acceptors (Lipinski definition) is 5. The number of likely N-dealkylation sites (tertiary alicyclic amines) is 1. The number of nitrogens with zero attached hydrogens (tertiary/aromatic N) is 4. The number of aromatic nitrogens is 3. The van der Waals surface area contributed by atoms with Crippen molar-refractivity contribution in [3.8, 4) is 11.4 Å². The van der Waals surface area contributed by atoms with E-state index >= 15 is 0 Å². The van der Waals surface area contributed by atoms with Crippen LogP contribution in [0.15, 0.2) is 35.0 Å². The third-order valence-corrected chi connectivity index (χ3v) is 4.97. The van der Waals surface area contributed by atoms with E-state index in [1.165, 1.54) is 11.0 Å². The molecule has 3 heterocycles. The smallest absolute Gasteiger partial charge is 0.260 e. The second-order valence-corrected chi connectivity index (χ2v) is 6.76. The van der Waals surface area contributed by atoms with Crippen LogP contribution in [-0.2, 0) is 0 Å². The van der Waals surface area contributed by atoms with Gasteiger partial charge < -0.3 is 9.42 Å². The maximum atomic E-state index is 14.1. The minimum absolute atomic E-state index is 0.381. The van der Waals surface area contributed by atoms with Gasteiger partial charge in [0.05, 0.1) is 23.0 Å². The zero-order valence-electron chi connectivity index (χ0n) is 15.4. The van der Waals surface area contributed by atoms with Crippen LogP contribution in [0.1, 0.15) is 46.4 Å². The fourth-order valence-corrected chi connectivity index (χ4v) is 3.64. The van der Waals surface area contributed by atoms with E-state index in [0.29, 0.717) is 41.5 Å². The van der Waals surface area contributed by atoms with E-state index < -0.39 is 23.1 Å². The first-order valence-corrected chi connectivity index (χ1v) is 8.98. The molecule has 1 saturated heterocycles. The predicted molar refractivity (Wildman–Crippen MR) is 96.4 cm³/mol. The van der Waals surface area contributed by atoms with Gasteiger partial charge in [-0.05, 0) is 44.9 Å². The highest BCUT2D eigenvalue weighted by molar-refractivity contribution is 5.95. The summed E-state index contributed by atoms with van der Waals surface area (Å²) in [6.45, 7) is 3.98. The molecule has 1 amide bonds. The standard InChI is InChI=1S/C20H18F2N4O2/c1-11-17(12(2)28-25-11)19-23-9-8-15(24-19)16-7-4-10-26(16)20(27)18-13(21)5-3-6-14(18)22/h3,5-6,8-9,16H,4,7,10H2,1-2H3. The van der Waals surface area contributed by atoms with Gasteiger partial charge in [-0.1, -0.05) is 11.2 Å². The summed E-state index contributed by atoms with van der Waals surface area (Å²) in [5.74, 6) is -1.35. The minimum Gasteiger partial charge on any atom is -0.361 e. The normalized spacial score (nSPS) is 16.6. The first-order chi connectivity index (χ1) is 13.5. The highest BCUT2D eigenvalue weighted by Crippen LogP contribution is 2.34. The molecule has 0 spiro atoms. The number of aryl methyl sites for hydroxylation is 2. The van der Waals surface area contributed by atoms with Crippen molar-refractivity contribution in [3.05, 3.63) is 64.8 Å². The van der Waals surface area contributed by atoms with Crippen LogP contribution in [0.3, 0.4) is 0 Å². The second-order valence-electron chi connectivity index (χ2n) is 6.76. The van der Waals surface area contributed by atoms with Crippen molar-refractivity contribution in [1.29, 1.82) is 0 Å². The lowest BCUT2D eigenvalue weighted by Crippen LogP contribution is -2.32. The fraction of sp³-hybridized carbons (Fsp3) is 0.300. The van der Waals surface area contributed by atoms with Crippen molar-refractivity contribution < 1.29 is 18.1 Å². The minimum atomic E-state index is -0.866. The van der Waals surface area contributed by atoms with Crippen molar-refractivity contribution in [2.24, 2.45) is 0 Å². The first-order valence-electron chi connectivity index (χ1n) is 8.98. The fourth-order valence-electron chi connectivity index (χ4n) is 3.64. The molecule has 1 fully saturated rings. The van der Waals surface area contributed by atoms with Crippen LogP contribution in [0, 0.1) is 25.5 Å². The molecule has 144 valence electrons. The molecule has 0 aliphatic carbocycles. The summed E-state index contributed by atoms with van der Waals surface area (Å²) in [4.78, 5) is 23.2. The number of rotatable bonds is 3. The summed E-state index contributed by atoms with van der Waals surface area (Å²) < 4.78 is 33.4. The Hall–Kier alpha value is -3.16. The number of amides is 1. The predicted octanol–water partition coefficient (Wildman–Crippen LogP) is 4.00. The van der Waals surface area contributed by atoms with E-state index in [-0.39, 0.29) is 6.04 Å².